The third-order valence-electron chi connectivity index (χ3n) is 5.32. The number of carbonyl (C=O) groups excluding carboxylic acids is 2. The molecule has 1 aliphatic heterocycles. The first-order valence-electron chi connectivity index (χ1n) is 9.86. The molecule has 0 bridgehead atoms. The molecule has 0 aliphatic carbocycles. The molecule has 160 valence electrons. The highest BCUT2D eigenvalue weighted by atomic mass is 32.2. The number of aryl methyl sites for hydroxylation is 3. The summed E-state index contributed by atoms with van der Waals surface area (Å²) in [5.74, 6) is -0.281. The molecule has 0 spiro atoms. The van der Waals surface area contributed by atoms with Crippen LogP contribution < -0.4 is 4.31 Å². The summed E-state index contributed by atoms with van der Waals surface area (Å²) in [6.07, 6.45) is 0.769. The van der Waals surface area contributed by atoms with Gasteiger partial charge in [0.05, 0.1) is 10.6 Å². The molecule has 2 amide bonds. The second-order valence-corrected chi connectivity index (χ2v) is 9.50. The Balaban J connectivity index is 1.95. The lowest BCUT2D eigenvalue weighted by molar-refractivity contribution is -0.133. The molecule has 0 radical (unpaired) electrons. The number of nitrogens with zero attached hydrogens (tertiary/aromatic N) is 3. The highest BCUT2D eigenvalue weighted by Crippen LogP contribution is 2.28. The highest BCUT2D eigenvalue weighted by molar-refractivity contribution is 7.92. The molecule has 2 aromatic carbocycles. The first-order valence-corrected chi connectivity index (χ1v) is 11.3. The first kappa shape index (κ1) is 21.8. The van der Waals surface area contributed by atoms with Gasteiger partial charge in [-0.15, -0.1) is 0 Å². The van der Waals surface area contributed by atoms with Crippen LogP contribution in [0.1, 0.15) is 16.7 Å². The predicted molar refractivity (Wildman–Crippen MR) is 116 cm³/mol. The monoisotopic (exact) mass is 429 g/mol. The van der Waals surface area contributed by atoms with Gasteiger partial charge in [0, 0.05) is 26.2 Å². The standard InChI is InChI=1S/C22H27N3O4S/c1-17-4-7-20(8-5-17)30(28,29)25(21-9-6-18(2)14-19(21)3)15-22(27)24-12-10-23(16-26)11-13-24/h4-9,14,16H,10-13,15H2,1-3H3. The van der Waals surface area contributed by atoms with Crippen molar-refractivity contribution in [3.05, 3.63) is 59.2 Å². The van der Waals surface area contributed by atoms with E-state index in [9.17, 15) is 18.0 Å². The average molecular weight is 430 g/mol. The van der Waals surface area contributed by atoms with Crippen molar-refractivity contribution in [1.29, 1.82) is 0 Å². The summed E-state index contributed by atoms with van der Waals surface area (Å²) in [7, 11) is -3.94. The maximum atomic E-state index is 13.5. The SMILES string of the molecule is Cc1ccc(S(=O)(=O)N(CC(=O)N2CCN(C=O)CC2)c2ccc(C)cc2C)cc1. The second kappa shape index (κ2) is 8.87. The van der Waals surface area contributed by atoms with Crippen LogP contribution in [0, 0.1) is 20.8 Å². The topological polar surface area (TPSA) is 78.0 Å². The van der Waals surface area contributed by atoms with E-state index in [-0.39, 0.29) is 17.3 Å². The number of carbonyl (C=O) groups is 2. The third-order valence-corrected chi connectivity index (χ3v) is 7.10. The van der Waals surface area contributed by atoms with Crippen LogP contribution in [0.15, 0.2) is 47.4 Å². The molecule has 2 aromatic rings. The normalized spacial score (nSPS) is 14.5. The van der Waals surface area contributed by atoms with E-state index in [2.05, 4.69) is 0 Å². The molecule has 1 saturated heterocycles. The molecule has 0 aromatic heterocycles. The van der Waals surface area contributed by atoms with Crippen LogP contribution in [0.25, 0.3) is 0 Å². The maximum absolute atomic E-state index is 13.5. The van der Waals surface area contributed by atoms with Crippen LogP contribution in [0.3, 0.4) is 0 Å². The van der Waals surface area contributed by atoms with Gasteiger partial charge in [0.25, 0.3) is 10.0 Å². The van der Waals surface area contributed by atoms with E-state index in [0.29, 0.717) is 31.9 Å². The lowest BCUT2D eigenvalue weighted by Crippen LogP contribution is -2.51. The molecule has 1 fully saturated rings. The van der Waals surface area contributed by atoms with Gasteiger partial charge in [-0.2, -0.15) is 0 Å². The number of hydrogen-bond donors (Lipinski definition) is 0. The fourth-order valence-electron chi connectivity index (χ4n) is 3.52. The van der Waals surface area contributed by atoms with E-state index >= 15 is 0 Å². The van der Waals surface area contributed by atoms with Crippen molar-refractivity contribution in [1.82, 2.24) is 9.80 Å². The zero-order chi connectivity index (χ0) is 21.9. The second-order valence-electron chi connectivity index (χ2n) is 7.64. The van der Waals surface area contributed by atoms with Gasteiger partial charge in [0.15, 0.2) is 0 Å². The number of anilines is 1. The quantitative estimate of drug-likeness (QED) is 0.659. The molecule has 0 N–H and O–H groups in total. The van der Waals surface area contributed by atoms with E-state index < -0.39 is 10.0 Å². The Hall–Kier alpha value is -2.87. The lowest BCUT2D eigenvalue weighted by atomic mass is 10.1. The highest BCUT2D eigenvalue weighted by Gasteiger charge is 2.30. The summed E-state index contributed by atoms with van der Waals surface area (Å²) in [6, 6.07) is 12.1. The van der Waals surface area contributed by atoms with Gasteiger partial charge in [0.1, 0.15) is 6.54 Å². The van der Waals surface area contributed by atoms with E-state index in [4.69, 9.17) is 0 Å². The van der Waals surface area contributed by atoms with Crippen molar-refractivity contribution >= 4 is 28.0 Å². The van der Waals surface area contributed by atoms with E-state index in [1.54, 1.807) is 40.1 Å². The first-order chi connectivity index (χ1) is 14.2. The molecule has 0 atom stereocenters. The Bertz CT molecular complexity index is 1030. The van der Waals surface area contributed by atoms with E-state index in [1.807, 2.05) is 32.9 Å². The molecule has 1 heterocycles. The largest absolute Gasteiger partial charge is 0.342 e. The van der Waals surface area contributed by atoms with Crippen LogP contribution in [-0.4, -0.2) is 63.3 Å². The van der Waals surface area contributed by atoms with Crippen LogP contribution in [0.4, 0.5) is 5.69 Å². The van der Waals surface area contributed by atoms with Crippen LogP contribution in [0.5, 0.6) is 0 Å². The molecular formula is C22H27N3O4S. The maximum Gasteiger partial charge on any atom is 0.264 e. The van der Waals surface area contributed by atoms with Crippen molar-refractivity contribution in [2.45, 2.75) is 25.7 Å². The number of benzene rings is 2. The van der Waals surface area contributed by atoms with E-state index in [1.165, 1.54) is 4.31 Å². The fraction of sp³-hybridized carbons (Fsp3) is 0.364. The summed E-state index contributed by atoms with van der Waals surface area (Å²) >= 11 is 0. The molecule has 0 unspecified atom stereocenters. The summed E-state index contributed by atoms with van der Waals surface area (Å²) in [5, 5.41) is 0. The average Bonchev–Trinajstić information content (AvgIpc) is 2.72. The van der Waals surface area contributed by atoms with Crippen molar-refractivity contribution in [3.63, 3.8) is 0 Å². The molecule has 1 aliphatic rings. The van der Waals surface area contributed by atoms with Gasteiger partial charge < -0.3 is 9.80 Å². The Morgan fingerprint density at radius 3 is 2.13 bits per heavy atom. The molecular weight excluding hydrogens is 402 g/mol. The van der Waals surface area contributed by atoms with Crippen molar-refractivity contribution in [3.8, 4) is 0 Å². The Morgan fingerprint density at radius 2 is 1.57 bits per heavy atom. The molecule has 0 saturated carbocycles. The van der Waals surface area contributed by atoms with Crippen LogP contribution >= 0.6 is 0 Å². The van der Waals surface area contributed by atoms with Gasteiger partial charge in [-0.05, 0) is 44.5 Å². The Morgan fingerprint density at radius 1 is 0.967 bits per heavy atom. The molecule has 7 nitrogen and oxygen atoms in total. The van der Waals surface area contributed by atoms with Gasteiger partial charge >= 0.3 is 0 Å². The Kier molecular flexibility index (Phi) is 6.45. The van der Waals surface area contributed by atoms with Crippen molar-refractivity contribution < 1.29 is 18.0 Å². The predicted octanol–water partition coefficient (Wildman–Crippen LogP) is 2.11. The molecule has 30 heavy (non-hydrogen) atoms. The number of amides is 2. The summed E-state index contributed by atoms with van der Waals surface area (Å²) in [5.41, 5.74) is 3.24. The fourth-order valence-corrected chi connectivity index (χ4v) is 5.00. The number of sulfonamides is 1. The van der Waals surface area contributed by atoms with Gasteiger partial charge in [-0.3, -0.25) is 13.9 Å². The molecule has 3 rings (SSSR count). The Labute approximate surface area is 177 Å². The smallest absolute Gasteiger partial charge is 0.264 e. The van der Waals surface area contributed by atoms with Crippen LogP contribution in [0.2, 0.25) is 0 Å². The number of piperazine rings is 1. The zero-order valence-corrected chi connectivity index (χ0v) is 18.4. The number of rotatable bonds is 6. The molecule has 8 heteroatoms. The summed E-state index contributed by atoms with van der Waals surface area (Å²) in [6.45, 7) is 7.06. The minimum Gasteiger partial charge on any atom is -0.342 e. The minimum atomic E-state index is -3.94. The van der Waals surface area contributed by atoms with Crippen molar-refractivity contribution in [2.75, 3.05) is 37.0 Å². The summed E-state index contributed by atoms with van der Waals surface area (Å²) in [4.78, 5) is 27.3. The third kappa shape index (κ3) is 4.64. The van der Waals surface area contributed by atoms with Gasteiger partial charge in [-0.25, -0.2) is 8.42 Å². The number of hydrogen-bond acceptors (Lipinski definition) is 4. The van der Waals surface area contributed by atoms with Gasteiger partial charge in [0.2, 0.25) is 12.3 Å². The van der Waals surface area contributed by atoms with Crippen LogP contribution in [-0.2, 0) is 19.6 Å². The van der Waals surface area contributed by atoms with E-state index in [0.717, 1.165) is 23.1 Å². The lowest BCUT2D eigenvalue weighted by Gasteiger charge is -2.34. The van der Waals surface area contributed by atoms with Gasteiger partial charge in [-0.1, -0.05) is 35.4 Å². The summed E-state index contributed by atoms with van der Waals surface area (Å²) < 4.78 is 28.2. The zero-order valence-electron chi connectivity index (χ0n) is 17.5. The van der Waals surface area contributed by atoms with Crippen molar-refractivity contribution in [2.24, 2.45) is 0 Å². The minimum absolute atomic E-state index is 0.145.